The van der Waals surface area contributed by atoms with Crippen LogP contribution < -0.4 is 9.97 Å². The van der Waals surface area contributed by atoms with Crippen LogP contribution >= 0.6 is 11.3 Å². The largest absolute Gasteiger partial charge is 0.547 e. The minimum Gasteiger partial charge on any atom is -0.534 e. The summed E-state index contributed by atoms with van der Waals surface area (Å²) >= 11 is 1.48. The highest BCUT2D eigenvalue weighted by Crippen LogP contribution is 2.30. The van der Waals surface area contributed by atoms with Crippen LogP contribution in [0.4, 0.5) is 0 Å². The second kappa shape index (κ2) is 8.90. The van der Waals surface area contributed by atoms with Gasteiger partial charge >= 0.3 is 19.1 Å². The number of fused-ring (bicyclic) bond motifs is 1. The lowest BCUT2D eigenvalue weighted by Gasteiger charge is -2.29. The van der Waals surface area contributed by atoms with Gasteiger partial charge < -0.3 is 24.5 Å². The number of ether oxygens (including phenoxy) is 2. The molecule has 2 aromatic rings. The zero-order valence-electron chi connectivity index (χ0n) is 15.0. The Kier molecular flexibility index (Phi) is 6.32. The van der Waals surface area contributed by atoms with Crippen LogP contribution in [-0.4, -0.2) is 42.7 Å². The van der Waals surface area contributed by atoms with Crippen LogP contribution in [0, 0.1) is 0 Å². The number of benzene rings is 1. The summed E-state index contributed by atoms with van der Waals surface area (Å²) < 4.78 is 15.0. The number of carbonyl (C=O) groups is 3. The first kappa shape index (κ1) is 19.9. The predicted molar refractivity (Wildman–Crippen MR) is 101 cm³/mol. The molecule has 1 aliphatic heterocycles. The third-order valence-corrected chi connectivity index (χ3v) is 4.93. The van der Waals surface area contributed by atoms with Crippen LogP contribution in [0.2, 0.25) is 0 Å². The van der Waals surface area contributed by atoms with Gasteiger partial charge in [0.25, 0.3) is 0 Å². The van der Waals surface area contributed by atoms with E-state index < -0.39 is 31.8 Å². The number of carbonyl (C=O) groups excluding carboxylic acids is 3. The normalized spacial score (nSPS) is 15.2. The van der Waals surface area contributed by atoms with Crippen molar-refractivity contribution < 1.29 is 33.5 Å². The number of para-hydroxylation sites is 1. The Hall–Kier alpha value is -2.85. The van der Waals surface area contributed by atoms with Gasteiger partial charge in [0.05, 0.1) is 12.4 Å². The van der Waals surface area contributed by atoms with Gasteiger partial charge in [0, 0.05) is 11.8 Å². The van der Waals surface area contributed by atoms with Gasteiger partial charge in [-0.05, 0) is 29.5 Å². The van der Waals surface area contributed by atoms with E-state index in [1.165, 1.54) is 24.3 Å². The smallest absolute Gasteiger partial charge is 0.534 e. The SMILES string of the molecule is CC(=O)OCOC(=O)c1cccc2c1OB(O)[C@@H](NC(=O)Cc1cccs1)C2. The number of nitrogens with one attached hydrogen (secondary N) is 1. The number of rotatable bonds is 6. The van der Waals surface area contributed by atoms with Crippen molar-refractivity contribution in [1.29, 1.82) is 0 Å². The Morgan fingerprint density at radius 1 is 1.29 bits per heavy atom. The predicted octanol–water partition coefficient (Wildman–Crippen LogP) is 1.11. The van der Waals surface area contributed by atoms with Crippen LogP contribution in [0.15, 0.2) is 35.7 Å². The Labute approximate surface area is 165 Å². The van der Waals surface area contributed by atoms with Crippen LogP contribution in [-0.2, 0) is 31.9 Å². The molecule has 8 nitrogen and oxygen atoms in total. The molecule has 10 heteroatoms. The standard InChI is InChI=1S/C18H18BNO7S/c1-11(21)25-10-26-18(23)14-6-2-4-12-8-15(19(24)27-17(12)14)20-16(22)9-13-5-3-7-28-13/h2-7,15,24H,8-10H2,1H3,(H,20,22)/t15-/m0/s1. The number of amides is 1. The lowest BCUT2D eigenvalue weighted by molar-refractivity contribution is -0.149. The van der Waals surface area contributed by atoms with Crippen molar-refractivity contribution in [2.75, 3.05) is 6.79 Å². The highest BCUT2D eigenvalue weighted by molar-refractivity contribution is 7.10. The first-order valence-electron chi connectivity index (χ1n) is 8.53. The maximum Gasteiger partial charge on any atom is 0.547 e. The summed E-state index contributed by atoms with van der Waals surface area (Å²) in [5, 5.41) is 14.9. The van der Waals surface area contributed by atoms with E-state index in [4.69, 9.17) is 9.39 Å². The molecule has 1 aromatic heterocycles. The van der Waals surface area contributed by atoms with E-state index in [-0.39, 0.29) is 30.1 Å². The van der Waals surface area contributed by atoms with Crippen molar-refractivity contribution in [3.8, 4) is 5.75 Å². The number of hydrogen-bond donors (Lipinski definition) is 2. The number of esters is 2. The zero-order chi connectivity index (χ0) is 20.1. The van der Waals surface area contributed by atoms with E-state index >= 15 is 0 Å². The van der Waals surface area contributed by atoms with Crippen molar-refractivity contribution in [2.45, 2.75) is 25.7 Å². The molecule has 28 heavy (non-hydrogen) atoms. The minimum atomic E-state index is -1.32. The van der Waals surface area contributed by atoms with Crippen molar-refractivity contribution in [3.05, 3.63) is 51.7 Å². The lowest BCUT2D eigenvalue weighted by Crippen LogP contribution is -2.53. The molecule has 0 saturated heterocycles. The van der Waals surface area contributed by atoms with E-state index in [2.05, 4.69) is 10.1 Å². The summed E-state index contributed by atoms with van der Waals surface area (Å²) in [6.45, 7) is 0.687. The second-order valence-corrected chi connectivity index (χ2v) is 7.15. The second-order valence-electron chi connectivity index (χ2n) is 6.12. The molecule has 0 bridgehead atoms. The molecule has 2 heterocycles. The molecule has 0 radical (unpaired) electrons. The maximum absolute atomic E-state index is 12.2. The molecular formula is C18H18BNO7S. The first-order valence-corrected chi connectivity index (χ1v) is 9.41. The maximum atomic E-state index is 12.2. The fourth-order valence-electron chi connectivity index (χ4n) is 2.78. The Morgan fingerprint density at radius 2 is 2.11 bits per heavy atom. The fourth-order valence-corrected chi connectivity index (χ4v) is 3.48. The van der Waals surface area contributed by atoms with E-state index in [0.717, 1.165) is 4.88 Å². The highest BCUT2D eigenvalue weighted by atomic mass is 32.1. The van der Waals surface area contributed by atoms with E-state index in [1.54, 1.807) is 12.1 Å². The van der Waals surface area contributed by atoms with Gasteiger partial charge in [0.2, 0.25) is 12.7 Å². The minimum absolute atomic E-state index is 0.104. The van der Waals surface area contributed by atoms with Crippen molar-refractivity contribution in [2.24, 2.45) is 0 Å². The quantitative estimate of drug-likeness (QED) is 0.422. The lowest BCUT2D eigenvalue weighted by atomic mass is 9.72. The highest BCUT2D eigenvalue weighted by Gasteiger charge is 2.37. The third-order valence-electron chi connectivity index (χ3n) is 4.05. The molecule has 1 atom stereocenters. The first-order chi connectivity index (χ1) is 13.4. The molecule has 1 aliphatic rings. The van der Waals surface area contributed by atoms with Gasteiger partial charge in [-0.2, -0.15) is 0 Å². The van der Waals surface area contributed by atoms with Gasteiger partial charge in [0.1, 0.15) is 11.3 Å². The molecule has 2 N–H and O–H groups in total. The van der Waals surface area contributed by atoms with Crippen molar-refractivity contribution >= 4 is 36.3 Å². The van der Waals surface area contributed by atoms with E-state index in [0.29, 0.717) is 5.56 Å². The topological polar surface area (TPSA) is 111 Å². The van der Waals surface area contributed by atoms with Crippen LogP contribution in [0.1, 0.15) is 27.7 Å². The van der Waals surface area contributed by atoms with Crippen LogP contribution in [0.25, 0.3) is 0 Å². The molecule has 0 unspecified atom stereocenters. The van der Waals surface area contributed by atoms with Gasteiger partial charge in [-0.1, -0.05) is 18.2 Å². The number of thiophene rings is 1. The average Bonchev–Trinajstić information content (AvgIpc) is 3.14. The molecule has 146 valence electrons. The number of hydrogen-bond acceptors (Lipinski definition) is 8. The summed E-state index contributed by atoms with van der Waals surface area (Å²) in [5.74, 6) is -2.00. The van der Waals surface area contributed by atoms with Gasteiger partial charge in [-0.3, -0.25) is 9.59 Å². The molecule has 1 aromatic carbocycles. The molecule has 0 saturated carbocycles. The monoisotopic (exact) mass is 403 g/mol. The molecule has 0 aliphatic carbocycles. The summed E-state index contributed by atoms with van der Waals surface area (Å²) in [7, 11) is -1.32. The van der Waals surface area contributed by atoms with Crippen LogP contribution in [0.5, 0.6) is 5.75 Å². The van der Waals surface area contributed by atoms with Gasteiger partial charge in [0.15, 0.2) is 0 Å². The third kappa shape index (κ3) is 4.90. The summed E-state index contributed by atoms with van der Waals surface area (Å²) in [5.41, 5.74) is 0.751. The molecule has 1 amide bonds. The average molecular weight is 403 g/mol. The Morgan fingerprint density at radius 3 is 2.82 bits per heavy atom. The molecule has 0 fully saturated rings. The van der Waals surface area contributed by atoms with Crippen molar-refractivity contribution in [3.63, 3.8) is 0 Å². The molecule has 0 spiro atoms. The molecular weight excluding hydrogens is 385 g/mol. The molecule has 3 rings (SSSR count). The zero-order valence-corrected chi connectivity index (χ0v) is 15.9. The fraction of sp³-hybridized carbons (Fsp3) is 0.278. The van der Waals surface area contributed by atoms with Crippen molar-refractivity contribution in [1.82, 2.24) is 5.32 Å². The van der Waals surface area contributed by atoms with Gasteiger partial charge in [-0.15, -0.1) is 11.3 Å². The summed E-state index contributed by atoms with van der Waals surface area (Å²) in [6.07, 6.45) is 0.508. The Balaban J connectivity index is 1.66. The Bertz CT molecular complexity index is 871. The van der Waals surface area contributed by atoms with Crippen LogP contribution in [0.3, 0.4) is 0 Å². The summed E-state index contributed by atoms with van der Waals surface area (Å²) in [4.78, 5) is 36.1. The van der Waals surface area contributed by atoms with Gasteiger partial charge in [-0.25, -0.2) is 4.79 Å². The summed E-state index contributed by atoms with van der Waals surface area (Å²) in [6, 6.07) is 8.60. The van der Waals surface area contributed by atoms with E-state index in [9.17, 15) is 19.4 Å². The van der Waals surface area contributed by atoms with E-state index in [1.807, 2.05) is 17.5 Å².